The highest BCUT2D eigenvalue weighted by atomic mass is 35.5. The van der Waals surface area contributed by atoms with Crippen molar-refractivity contribution in [3.05, 3.63) is 34.7 Å². The molecule has 5 nitrogen and oxygen atoms in total. The lowest BCUT2D eigenvalue weighted by molar-refractivity contribution is -0.137. The number of rotatable bonds is 4. The highest BCUT2D eigenvalue weighted by Crippen LogP contribution is 2.14. The summed E-state index contributed by atoms with van der Waals surface area (Å²) in [5.41, 5.74) is 1.02. The molecule has 0 saturated heterocycles. The van der Waals surface area contributed by atoms with Crippen molar-refractivity contribution in [3.63, 3.8) is 0 Å². The molecule has 0 atom stereocenters. The van der Waals surface area contributed by atoms with Crippen LogP contribution in [0.25, 0.3) is 11.0 Å². The molecule has 0 saturated carbocycles. The van der Waals surface area contributed by atoms with E-state index in [1.54, 1.807) is 18.2 Å². The molecule has 0 spiro atoms. The molecule has 2 rings (SSSR count). The fraction of sp³-hybridized carbons (Fsp3) is 0.273. The van der Waals surface area contributed by atoms with Gasteiger partial charge in [-0.3, -0.25) is 9.36 Å². The van der Waals surface area contributed by atoms with E-state index >= 15 is 0 Å². The monoisotopic (exact) mass is 254 g/mol. The van der Waals surface area contributed by atoms with Gasteiger partial charge in [0.1, 0.15) is 0 Å². The number of aryl methyl sites for hydroxylation is 1. The molecule has 1 aromatic heterocycles. The van der Waals surface area contributed by atoms with Crippen LogP contribution in [-0.2, 0) is 11.3 Å². The molecular weight excluding hydrogens is 244 g/mol. The van der Waals surface area contributed by atoms with E-state index in [9.17, 15) is 9.59 Å². The van der Waals surface area contributed by atoms with Crippen LogP contribution in [0, 0.1) is 0 Å². The molecule has 2 aromatic rings. The van der Waals surface area contributed by atoms with Gasteiger partial charge in [-0.05, 0) is 18.6 Å². The molecule has 0 unspecified atom stereocenters. The zero-order valence-electron chi connectivity index (χ0n) is 8.97. The lowest BCUT2D eigenvalue weighted by Crippen LogP contribution is -2.20. The number of aromatic nitrogens is 2. The molecule has 0 aliphatic heterocycles. The number of hydrogen-bond acceptors (Lipinski definition) is 2. The van der Waals surface area contributed by atoms with Crippen LogP contribution in [0.1, 0.15) is 12.8 Å². The van der Waals surface area contributed by atoms with Crippen LogP contribution in [0.15, 0.2) is 29.1 Å². The predicted octanol–water partition coefficient (Wildman–Crippen LogP) is 1.67. The Balaban J connectivity index is 2.36. The van der Waals surface area contributed by atoms with Crippen molar-refractivity contribution in [3.8, 4) is 0 Å². The van der Waals surface area contributed by atoms with E-state index in [2.05, 4.69) is 0 Å². The first kappa shape index (κ1) is 11.7. The van der Waals surface area contributed by atoms with Gasteiger partial charge in [-0.1, -0.05) is 12.1 Å². The Morgan fingerprint density at radius 2 is 1.94 bits per heavy atom. The largest absolute Gasteiger partial charge is 0.481 e. The lowest BCUT2D eigenvalue weighted by atomic mass is 10.3. The predicted molar refractivity (Wildman–Crippen MR) is 64.3 cm³/mol. The molecule has 0 aliphatic rings. The smallest absolute Gasteiger partial charge is 0.343 e. The molecule has 0 amide bonds. The number of imidazole rings is 1. The van der Waals surface area contributed by atoms with E-state index in [1.165, 1.54) is 4.57 Å². The van der Waals surface area contributed by atoms with Crippen molar-refractivity contribution in [2.45, 2.75) is 19.4 Å². The second-order valence-corrected chi connectivity index (χ2v) is 4.04. The maximum absolute atomic E-state index is 11.8. The minimum absolute atomic E-state index is 0.0359. The van der Waals surface area contributed by atoms with Crippen molar-refractivity contribution in [1.29, 1.82) is 0 Å². The van der Waals surface area contributed by atoms with Crippen LogP contribution < -0.4 is 5.69 Å². The highest BCUT2D eigenvalue weighted by Gasteiger charge is 2.11. The third-order valence-electron chi connectivity index (χ3n) is 2.56. The number of carboxylic acid groups (broad SMARTS) is 1. The first-order valence-corrected chi connectivity index (χ1v) is 5.53. The van der Waals surface area contributed by atoms with Gasteiger partial charge in [-0.25, -0.2) is 8.88 Å². The highest BCUT2D eigenvalue weighted by molar-refractivity contribution is 6.18. The molecule has 0 aliphatic carbocycles. The number of nitrogens with zero attached hydrogens (tertiary/aromatic N) is 2. The van der Waals surface area contributed by atoms with Crippen molar-refractivity contribution in [1.82, 2.24) is 8.65 Å². The topological polar surface area (TPSA) is 64.2 Å². The van der Waals surface area contributed by atoms with E-state index in [-0.39, 0.29) is 12.1 Å². The molecule has 0 radical (unpaired) electrons. The van der Waals surface area contributed by atoms with E-state index in [0.717, 1.165) is 9.60 Å². The van der Waals surface area contributed by atoms with Gasteiger partial charge < -0.3 is 5.11 Å². The van der Waals surface area contributed by atoms with Gasteiger partial charge in [0.05, 0.1) is 11.0 Å². The first-order chi connectivity index (χ1) is 8.11. The van der Waals surface area contributed by atoms with Crippen molar-refractivity contribution in [2.75, 3.05) is 0 Å². The number of benzene rings is 1. The van der Waals surface area contributed by atoms with E-state index in [4.69, 9.17) is 16.9 Å². The molecule has 1 aromatic carbocycles. The fourth-order valence-electron chi connectivity index (χ4n) is 1.77. The van der Waals surface area contributed by atoms with Gasteiger partial charge in [-0.15, -0.1) is 0 Å². The Morgan fingerprint density at radius 3 is 2.59 bits per heavy atom. The summed E-state index contributed by atoms with van der Waals surface area (Å²) in [6.45, 7) is 0.353. The van der Waals surface area contributed by atoms with Gasteiger partial charge >= 0.3 is 11.7 Å². The summed E-state index contributed by atoms with van der Waals surface area (Å²) in [7, 11) is 0. The van der Waals surface area contributed by atoms with Crippen molar-refractivity contribution >= 4 is 28.8 Å². The second-order valence-electron chi connectivity index (χ2n) is 3.70. The Hall–Kier alpha value is -1.75. The van der Waals surface area contributed by atoms with Crippen LogP contribution >= 0.6 is 11.8 Å². The van der Waals surface area contributed by atoms with E-state index in [0.29, 0.717) is 18.5 Å². The first-order valence-electron chi connectivity index (χ1n) is 5.19. The fourth-order valence-corrected chi connectivity index (χ4v) is 2.01. The standard InChI is InChI=1S/C11H11ClN2O3/c12-14-9-5-2-1-4-8(9)13(11(14)17)7-3-6-10(15)16/h1-2,4-5H,3,6-7H2,(H,15,16). The summed E-state index contributed by atoms with van der Waals surface area (Å²) in [6.07, 6.45) is 0.439. The SMILES string of the molecule is O=C(O)CCCn1c(=O)n(Cl)c2ccccc21. The normalized spacial score (nSPS) is 10.9. The maximum Gasteiger partial charge on any atom is 0.343 e. The summed E-state index contributed by atoms with van der Waals surface area (Å²) in [5, 5.41) is 8.56. The maximum atomic E-state index is 11.8. The zero-order valence-corrected chi connectivity index (χ0v) is 9.72. The number of carbonyl (C=O) groups is 1. The van der Waals surface area contributed by atoms with Gasteiger partial charge in [0.15, 0.2) is 0 Å². The second kappa shape index (κ2) is 4.63. The molecule has 1 heterocycles. The summed E-state index contributed by atoms with van der Waals surface area (Å²) < 4.78 is 2.54. The van der Waals surface area contributed by atoms with E-state index in [1.807, 2.05) is 6.07 Å². The third kappa shape index (κ3) is 2.19. The number of aliphatic carboxylic acids is 1. The Labute approximate surface area is 102 Å². The molecule has 6 heteroatoms. The summed E-state index contributed by atoms with van der Waals surface area (Å²) >= 11 is 5.86. The molecule has 17 heavy (non-hydrogen) atoms. The average Bonchev–Trinajstić information content (AvgIpc) is 2.54. The molecule has 0 fully saturated rings. The van der Waals surface area contributed by atoms with Gasteiger partial charge in [0.2, 0.25) is 0 Å². The Kier molecular flexibility index (Phi) is 3.19. The quantitative estimate of drug-likeness (QED) is 0.903. The third-order valence-corrected chi connectivity index (χ3v) is 2.88. The van der Waals surface area contributed by atoms with Gasteiger partial charge in [0, 0.05) is 24.7 Å². The number of halogens is 1. The van der Waals surface area contributed by atoms with Crippen LogP contribution in [0.5, 0.6) is 0 Å². The molecule has 0 bridgehead atoms. The van der Waals surface area contributed by atoms with Crippen LogP contribution in [0.3, 0.4) is 0 Å². The number of fused-ring (bicyclic) bond motifs is 1. The average molecular weight is 255 g/mol. The zero-order chi connectivity index (χ0) is 12.4. The van der Waals surface area contributed by atoms with Gasteiger partial charge in [-0.2, -0.15) is 0 Å². The number of hydrogen-bond donors (Lipinski definition) is 1. The summed E-state index contributed by atoms with van der Waals surface area (Å²) in [5.74, 6) is -0.868. The molecule has 90 valence electrons. The van der Waals surface area contributed by atoms with Crippen molar-refractivity contribution < 1.29 is 9.90 Å². The Morgan fingerprint density at radius 1 is 1.29 bits per heavy atom. The van der Waals surface area contributed by atoms with Crippen LogP contribution in [0.4, 0.5) is 0 Å². The Bertz CT molecular complexity index is 615. The van der Waals surface area contributed by atoms with Crippen LogP contribution in [-0.4, -0.2) is 19.7 Å². The molecule has 1 N–H and O–H groups in total. The minimum Gasteiger partial charge on any atom is -0.481 e. The van der Waals surface area contributed by atoms with Crippen LogP contribution in [0.2, 0.25) is 0 Å². The van der Waals surface area contributed by atoms with Crippen molar-refractivity contribution in [2.24, 2.45) is 0 Å². The summed E-state index contributed by atoms with van der Waals surface area (Å²) in [4.78, 5) is 22.2. The minimum atomic E-state index is -0.868. The van der Waals surface area contributed by atoms with E-state index < -0.39 is 5.97 Å². The summed E-state index contributed by atoms with van der Waals surface area (Å²) in [6, 6.07) is 7.14. The number of para-hydroxylation sites is 2. The lowest BCUT2D eigenvalue weighted by Gasteiger charge is -2.00. The molecular formula is C11H11ClN2O3. The number of carboxylic acids is 1. The van der Waals surface area contributed by atoms with Gasteiger partial charge in [0.25, 0.3) is 0 Å².